The van der Waals surface area contributed by atoms with E-state index in [1.807, 2.05) is 53.8 Å². The SMILES string of the molecule is CCc1nnc2c(Oc3cccc(N)c3)nc3ccccc3n12. The van der Waals surface area contributed by atoms with Crippen molar-refractivity contribution in [1.29, 1.82) is 0 Å². The van der Waals surface area contributed by atoms with Crippen molar-refractivity contribution in [3.8, 4) is 11.6 Å². The first-order valence-electron chi connectivity index (χ1n) is 7.42. The molecule has 6 nitrogen and oxygen atoms in total. The highest BCUT2D eigenvalue weighted by Crippen LogP contribution is 2.28. The van der Waals surface area contributed by atoms with Crippen molar-refractivity contribution in [3.63, 3.8) is 0 Å². The molecule has 0 atom stereocenters. The molecule has 0 unspecified atom stereocenters. The zero-order valence-electron chi connectivity index (χ0n) is 12.6. The van der Waals surface area contributed by atoms with Gasteiger partial charge in [-0.05, 0) is 24.3 Å². The summed E-state index contributed by atoms with van der Waals surface area (Å²) in [4.78, 5) is 4.59. The molecule has 0 saturated carbocycles. The summed E-state index contributed by atoms with van der Waals surface area (Å²) >= 11 is 0. The van der Waals surface area contributed by atoms with Crippen LogP contribution in [0.25, 0.3) is 16.7 Å². The Morgan fingerprint density at radius 1 is 1.09 bits per heavy atom. The minimum Gasteiger partial charge on any atom is -0.436 e. The fourth-order valence-corrected chi connectivity index (χ4v) is 2.60. The number of aryl methyl sites for hydroxylation is 1. The van der Waals surface area contributed by atoms with E-state index in [-0.39, 0.29) is 0 Å². The van der Waals surface area contributed by atoms with E-state index in [0.29, 0.717) is 23.0 Å². The van der Waals surface area contributed by atoms with Gasteiger partial charge < -0.3 is 10.5 Å². The van der Waals surface area contributed by atoms with Crippen LogP contribution in [-0.2, 0) is 6.42 Å². The Morgan fingerprint density at radius 3 is 2.78 bits per heavy atom. The Bertz CT molecular complexity index is 1010. The van der Waals surface area contributed by atoms with Gasteiger partial charge in [0.25, 0.3) is 5.88 Å². The van der Waals surface area contributed by atoms with Gasteiger partial charge in [-0.15, -0.1) is 10.2 Å². The van der Waals surface area contributed by atoms with Crippen LogP contribution in [0.2, 0.25) is 0 Å². The second-order valence-electron chi connectivity index (χ2n) is 5.21. The molecule has 0 aliphatic rings. The summed E-state index contributed by atoms with van der Waals surface area (Å²) in [5, 5.41) is 8.50. The molecule has 0 bridgehead atoms. The first kappa shape index (κ1) is 13.5. The number of benzene rings is 2. The van der Waals surface area contributed by atoms with E-state index >= 15 is 0 Å². The highest BCUT2D eigenvalue weighted by Gasteiger charge is 2.15. The Morgan fingerprint density at radius 2 is 1.96 bits per heavy atom. The molecule has 0 amide bonds. The van der Waals surface area contributed by atoms with Crippen molar-refractivity contribution < 1.29 is 4.74 Å². The van der Waals surface area contributed by atoms with Crippen LogP contribution in [0.3, 0.4) is 0 Å². The molecule has 4 aromatic rings. The monoisotopic (exact) mass is 305 g/mol. The van der Waals surface area contributed by atoms with Crippen LogP contribution in [0.1, 0.15) is 12.7 Å². The van der Waals surface area contributed by atoms with E-state index in [2.05, 4.69) is 15.2 Å². The molecule has 0 radical (unpaired) electrons. The van der Waals surface area contributed by atoms with E-state index < -0.39 is 0 Å². The van der Waals surface area contributed by atoms with Gasteiger partial charge in [0.2, 0.25) is 5.65 Å². The number of anilines is 1. The minimum absolute atomic E-state index is 0.418. The third-order valence-electron chi connectivity index (χ3n) is 3.65. The molecular weight excluding hydrogens is 290 g/mol. The maximum Gasteiger partial charge on any atom is 0.266 e. The largest absolute Gasteiger partial charge is 0.436 e. The van der Waals surface area contributed by atoms with E-state index in [1.54, 1.807) is 6.07 Å². The van der Waals surface area contributed by atoms with Gasteiger partial charge in [0.15, 0.2) is 0 Å². The fourth-order valence-electron chi connectivity index (χ4n) is 2.60. The van der Waals surface area contributed by atoms with Crippen LogP contribution in [0.5, 0.6) is 11.6 Å². The molecule has 114 valence electrons. The van der Waals surface area contributed by atoms with Crippen molar-refractivity contribution in [1.82, 2.24) is 19.6 Å². The van der Waals surface area contributed by atoms with Gasteiger partial charge in [-0.3, -0.25) is 4.40 Å². The van der Waals surface area contributed by atoms with Crippen molar-refractivity contribution in [2.24, 2.45) is 0 Å². The van der Waals surface area contributed by atoms with Crippen molar-refractivity contribution in [3.05, 3.63) is 54.4 Å². The van der Waals surface area contributed by atoms with Gasteiger partial charge >= 0.3 is 0 Å². The quantitative estimate of drug-likeness (QED) is 0.588. The molecule has 2 aromatic carbocycles. The summed E-state index contributed by atoms with van der Waals surface area (Å²) in [7, 11) is 0. The molecule has 0 aliphatic heterocycles. The van der Waals surface area contributed by atoms with E-state index in [9.17, 15) is 0 Å². The minimum atomic E-state index is 0.418. The Hall–Kier alpha value is -3.15. The topological polar surface area (TPSA) is 78.3 Å². The number of nitrogens with zero attached hydrogens (tertiary/aromatic N) is 4. The van der Waals surface area contributed by atoms with Crippen LogP contribution >= 0.6 is 0 Å². The molecule has 23 heavy (non-hydrogen) atoms. The zero-order valence-corrected chi connectivity index (χ0v) is 12.6. The predicted octanol–water partition coefficient (Wildman–Crippen LogP) is 3.21. The van der Waals surface area contributed by atoms with Crippen LogP contribution in [0.4, 0.5) is 5.69 Å². The number of nitrogens with two attached hydrogens (primary N) is 1. The van der Waals surface area contributed by atoms with Gasteiger partial charge in [-0.2, -0.15) is 0 Å². The molecular formula is C17H15N5O. The van der Waals surface area contributed by atoms with Crippen molar-refractivity contribution in [2.75, 3.05) is 5.73 Å². The smallest absolute Gasteiger partial charge is 0.266 e. The first-order chi connectivity index (χ1) is 11.3. The Labute approximate surface area is 132 Å². The molecule has 2 aromatic heterocycles. The summed E-state index contributed by atoms with van der Waals surface area (Å²) in [5.74, 6) is 1.91. The molecule has 6 heteroatoms. The summed E-state index contributed by atoms with van der Waals surface area (Å²) < 4.78 is 7.91. The predicted molar refractivity (Wildman–Crippen MR) is 88.6 cm³/mol. The second kappa shape index (κ2) is 5.24. The molecule has 2 N–H and O–H groups in total. The van der Waals surface area contributed by atoms with Crippen LogP contribution < -0.4 is 10.5 Å². The van der Waals surface area contributed by atoms with E-state index in [4.69, 9.17) is 10.5 Å². The van der Waals surface area contributed by atoms with Crippen molar-refractivity contribution >= 4 is 22.4 Å². The number of fused-ring (bicyclic) bond motifs is 3. The third-order valence-corrected chi connectivity index (χ3v) is 3.65. The summed E-state index contributed by atoms with van der Waals surface area (Å²) in [6.45, 7) is 2.05. The summed E-state index contributed by atoms with van der Waals surface area (Å²) in [6, 6.07) is 15.1. The Kier molecular flexibility index (Phi) is 3.08. The first-order valence-corrected chi connectivity index (χ1v) is 7.42. The van der Waals surface area contributed by atoms with Gasteiger partial charge in [-0.1, -0.05) is 25.1 Å². The lowest BCUT2D eigenvalue weighted by molar-refractivity contribution is 0.467. The van der Waals surface area contributed by atoms with Crippen molar-refractivity contribution in [2.45, 2.75) is 13.3 Å². The number of rotatable bonds is 3. The second-order valence-corrected chi connectivity index (χ2v) is 5.21. The van der Waals surface area contributed by atoms with Gasteiger partial charge in [-0.25, -0.2) is 4.98 Å². The highest BCUT2D eigenvalue weighted by atomic mass is 16.5. The molecule has 2 heterocycles. The number of aromatic nitrogens is 4. The molecule has 0 aliphatic carbocycles. The number of nitrogen functional groups attached to an aromatic ring is 1. The maximum atomic E-state index is 5.92. The fraction of sp³-hybridized carbons (Fsp3) is 0.118. The van der Waals surface area contributed by atoms with Crippen LogP contribution in [0.15, 0.2) is 48.5 Å². The van der Waals surface area contributed by atoms with Crippen LogP contribution in [-0.4, -0.2) is 19.6 Å². The van der Waals surface area contributed by atoms with Gasteiger partial charge in [0, 0.05) is 18.2 Å². The highest BCUT2D eigenvalue weighted by molar-refractivity contribution is 5.79. The van der Waals surface area contributed by atoms with Gasteiger partial charge in [0.05, 0.1) is 11.0 Å². The number of ether oxygens (including phenoxy) is 1. The van der Waals surface area contributed by atoms with Crippen LogP contribution in [0, 0.1) is 0 Å². The average Bonchev–Trinajstić information content (AvgIpc) is 3.00. The molecule has 4 rings (SSSR count). The Balaban J connectivity index is 1.96. The number of para-hydroxylation sites is 2. The zero-order chi connectivity index (χ0) is 15.8. The van der Waals surface area contributed by atoms with Gasteiger partial charge in [0.1, 0.15) is 11.6 Å². The number of hydrogen-bond acceptors (Lipinski definition) is 5. The van der Waals surface area contributed by atoms with E-state index in [1.165, 1.54) is 0 Å². The normalized spacial score (nSPS) is 11.2. The molecule has 0 spiro atoms. The molecule has 0 saturated heterocycles. The summed E-state index contributed by atoms with van der Waals surface area (Å²) in [6.07, 6.45) is 0.771. The lowest BCUT2D eigenvalue weighted by atomic mass is 10.3. The summed E-state index contributed by atoms with van der Waals surface area (Å²) in [5.41, 5.74) is 8.83. The standard InChI is InChI=1S/C17H15N5O/c1-2-15-20-21-16-17(23-12-7-5-6-11(18)10-12)19-13-8-3-4-9-14(13)22(15)16/h3-10H,2,18H2,1H3. The van der Waals surface area contributed by atoms with E-state index in [0.717, 1.165) is 23.3 Å². The number of hydrogen-bond donors (Lipinski definition) is 1. The average molecular weight is 305 g/mol. The lowest BCUT2D eigenvalue weighted by Crippen LogP contribution is -1.99. The molecule has 0 fully saturated rings. The maximum absolute atomic E-state index is 5.92. The lowest BCUT2D eigenvalue weighted by Gasteiger charge is -2.09. The third kappa shape index (κ3) is 2.24.